The van der Waals surface area contributed by atoms with Crippen molar-refractivity contribution in [3.05, 3.63) is 30.2 Å². The molecule has 0 spiro atoms. The summed E-state index contributed by atoms with van der Waals surface area (Å²) >= 11 is 0. The van der Waals surface area contributed by atoms with Gasteiger partial charge in [-0.05, 0) is 25.5 Å². The predicted molar refractivity (Wildman–Crippen MR) is 67.2 cm³/mol. The average molecular weight is 247 g/mol. The average Bonchev–Trinajstić information content (AvgIpc) is 2.94. The van der Waals surface area contributed by atoms with Gasteiger partial charge >= 0.3 is 0 Å². The summed E-state index contributed by atoms with van der Waals surface area (Å²) in [5, 5.41) is 10.2. The van der Waals surface area contributed by atoms with Gasteiger partial charge in [-0.15, -0.1) is 0 Å². The molecule has 1 N–H and O–H groups in total. The summed E-state index contributed by atoms with van der Waals surface area (Å²) in [4.78, 5) is 4.38. The highest BCUT2D eigenvalue weighted by molar-refractivity contribution is 5.72. The molecule has 2 aromatic rings. The number of hydrogen-bond donors (Lipinski definition) is 1. The highest BCUT2D eigenvalue weighted by atomic mass is 16.5. The normalized spacial score (nSPS) is 25.7. The molecule has 0 radical (unpaired) electrons. The SMILES string of the molecule is CC1CC(C(O)Cc2nc3ccccc3o2)CO1. The second-order valence-electron chi connectivity index (χ2n) is 4.99. The van der Waals surface area contributed by atoms with Crippen molar-refractivity contribution in [2.45, 2.75) is 32.0 Å². The van der Waals surface area contributed by atoms with Crippen LogP contribution in [0.5, 0.6) is 0 Å². The Kier molecular flexibility index (Phi) is 3.06. The molecule has 0 amide bonds. The first-order valence-electron chi connectivity index (χ1n) is 6.36. The molecule has 1 fully saturated rings. The van der Waals surface area contributed by atoms with Gasteiger partial charge in [0.2, 0.25) is 0 Å². The van der Waals surface area contributed by atoms with Gasteiger partial charge in [-0.2, -0.15) is 0 Å². The minimum Gasteiger partial charge on any atom is -0.441 e. The first kappa shape index (κ1) is 11.7. The summed E-state index contributed by atoms with van der Waals surface area (Å²) in [5.41, 5.74) is 1.62. The molecule has 2 heterocycles. The minimum atomic E-state index is -0.442. The summed E-state index contributed by atoms with van der Waals surface area (Å²) in [6, 6.07) is 7.65. The molecular weight excluding hydrogens is 230 g/mol. The number of aromatic nitrogens is 1. The predicted octanol–water partition coefficient (Wildman–Crippen LogP) is 2.16. The number of oxazole rings is 1. The Balaban J connectivity index is 1.71. The van der Waals surface area contributed by atoms with E-state index < -0.39 is 6.10 Å². The van der Waals surface area contributed by atoms with Gasteiger partial charge < -0.3 is 14.3 Å². The van der Waals surface area contributed by atoms with Crippen molar-refractivity contribution in [2.75, 3.05) is 6.61 Å². The number of ether oxygens (including phenoxy) is 1. The van der Waals surface area contributed by atoms with Crippen LogP contribution >= 0.6 is 0 Å². The van der Waals surface area contributed by atoms with Crippen LogP contribution in [0.15, 0.2) is 28.7 Å². The fraction of sp³-hybridized carbons (Fsp3) is 0.500. The molecule has 1 aliphatic heterocycles. The van der Waals surface area contributed by atoms with Crippen molar-refractivity contribution in [3.63, 3.8) is 0 Å². The Morgan fingerprint density at radius 3 is 3.00 bits per heavy atom. The number of fused-ring (bicyclic) bond motifs is 1. The lowest BCUT2D eigenvalue weighted by Crippen LogP contribution is -2.23. The van der Waals surface area contributed by atoms with Crippen molar-refractivity contribution in [2.24, 2.45) is 5.92 Å². The summed E-state index contributed by atoms with van der Waals surface area (Å²) in [7, 11) is 0. The molecule has 0 saturated carbocycles. The fourth-order valence-electron chi connectivity index (χ4n) is 2.47. The van der Waals surface area contributed by atoms with Gasteiger partial charge in [0.25, 0.3) is 0 Å². The third-order valence-corrected chi connectivity index (χ3v) is 3.50. The lowest BCUT2D eigenvalue weighted by atomic mass is 9.97. The van der Waals surface area contributed by atoms with E-state index in [9.17, 15) is 5.11 Å². The lowest BCUT2D eigenvalue weighted by Gasteiger charge is -2.14. The summed E-state index contributed by atoms with van der Waals surface area (Å²) in [6.45, 7) is 2.66. The van der Waals surface area contributed by atoms with Crippen LogP contribution in [-0.4, -0.2) is 28.9 Å². The van der Waals surface area contributed by atoms with Crippen molar-refractivity contribution in [1.29, 1.82) is 0 Å². The minimum absolute atomic E-state index is 0.190. The second kappa shape index (κ2) is 4.71. The van der Waals surface area contributed by atoms with Crippen LogP contribution < -0.4 is 0 Å². The molecule has 1 aliphatic rings. The van der Waals surface area contributed by atoms with Gasteiger partial charge in [-0.1, -0.05) is 12.1 Å². The van der Waals surface area contributed by atoms with Gasteiger partial charge in [0.1, 0.15) is 5.52 Å². The highest BCUT2D eigenvalue weighted by Crippen LogP contribution is 2.25. The number of para-hydroxylation sites is 2. The third kappa shape index (κ3) is 2.26. The molecule has 0 aliphatic carbocycles. The van der Waals surface area contributed by atoms with E-state index in [0.29, 0.717) is 18.9 Å². The maximum atomic E-state index is 10.2. The molecule has 4 heteroatoms. The molecular formula is C14H17NO3. The monoisotopic (exact) mass is 247 g/mol. The number of nitrogens with zero attached hydrogens (tertiary/aromatic N) is 1. The zero-order valence-corrected chi connectivity index (χ0v) is 10.4. The topological polar surface area (TPSA) is 55.5 Å². The van der Waals surface area contributed by atoms with Crippen molar-refractivity contribution >= 4 is 11.1 Å². The van der Waals surface area contributed by atoms with Crippen LogP contribution in [-0.2, 0) is 11.2 Å². The molecule has 1 aromatic heterocycles. The maximum Gasteiger partial charge on any atom is 0.198 e. The summed E-state index contributed by atoms with van der Waals surface area (Å²) in [5.74, 6) is 0.790. The Morgan fingerprint density at radius 1 is 1.44 bits per heavy atom. The zero-order chi connectivity index (χ0) is 12.5. The van der Waals surface area contributed by atoms with E-state index in [2.05, 4.69) is 4.98 Å². The highest BCUT2D eigenvalue weighted by Gasteiger charge is 2.29. The molecule has 3 unspecified atom stereocenters. The summed E-state index contributed by atoms with van der Waals surface area (Å²) < 4.78 is 11.1. The van der Waals surface area contributed by atoms with Gasteiger partial charge in [0.05, 0.1) is 25.2 Å². The Morgan fingerprint density at radius 2 is 2.28 bits per heavy atom. The van der Waals surface area contributed by atoms with Crippen LogP contribution in [0.1, 0.15) is 19.2 Å². The third-order valence-electron chi connectivity index (χ3n) is 3.50. The van der Waals surface area contributed by atoms with Crippen LogP contribution in [0, 0.1) is 5.92 Å². The number of hydrogen-bond acceptors (Lipinski definition) is 4. The van der Waals surface area contributed by atoms with E-state index >= 15 is 0 Å². The van der Waals surface area contributed by atoms with E-state index in [1.807, 2.05) is 31.2 Å². The van der Waals surface area contributed by atoms with E-state index in [1.54, 1.807) is 0 Å². The standard InChI is InChI=1S/C14H17NO3/c1-9-6-10(8-17-9)12(16)7-14-15-11-4-2-3-5-13(11)18-14/h2-5,9-10,12,16H,6-8H2,1H3. The van der Waals surface area contributed by atoms with E-state index in [-0.39, 0.29) is 12.0 Å². The molecule has 1 aromatic carbocycles. The Hall–Kier alpha value is -1.39. The van der Waals surface area contributed by atoms with Gasteiger partial charge in [-0.25, -0.2) is 4.98 Å². The van der Waals surface area contributed by atoms with Gasteiger partial charge in [-0.3, -0.25) is 0 Å². The van der Waals surface area contributed by atoms with E-state index in [0.717, 1.165) is 17.5 Å². The van der Waals surface area contributed by atoms with E-state index in [4.69, 9.17) is 9.15 Å². The Labute approximate surface area is 106 Å². The Bertz CT molecular complexity index is 504. The smallest absolute Gasteiger partial charge is 0.198 e. The van der Waals surface area contributed by atoms with Crippen LogP contribution in [0.2, 0.25) is 0 Å². The van der Waals surface area contributed by atoms with Crippen LogP contribution in [0.3, 0.4) is 0 Å². The lowest BCUT2D eigenvalue weighted by molar-refractivity contribution is 0.0773. The quantitative estimate of drug-likeness (QED) is 0.903. The van der Waals surface area contributed by atoms with Crippen LogP contribution in [0.4, 0.5) is 0 Å². The van der Waals surface area contributed by atoms with Gasteiger partial charge in [0.15, 0.2) is 11.5 Å². The molecule has 18 heavy (non-hydrogen) atoms. The number of benzene rings is 1. The number of rotatable bonds is 3. The van der Waals surface area contributed by atoms with Crippen molar-refractivity contribution in [3.8, 4) is 0 Å². The van der Waals surface area contributed by atoms with Crippen molar-refractivity contribution in [1.82, 2.24) is 4.98 Å². The zero-order valence-electron chi connectivity index (χ0n) is 10.4. The second-order valence-corrected chi connectivity index (χ2v) is 4.99. The first-order valence-corrected chi connectivity index (χ1v) is 6.36. The molecule has 3 atom stereocenters. The molecule has 0 bridgehead atoms. The fourth-order valence-corrected chi connectivity index (χ4v) is 2.47. The molecule has 96 valence electrons. The molecule has 3 rings (SSSR count). The molecule has 4 nitrogen and oxygen atoms in total. The maximum absolute atomic E-state index is 10.2. The number of aliphatic hydroxyl groups is 1. The number of aliphatic hydroxyl groups excluding tert-OH is 1. The van der Waals surface area contributed by atoms with Crippen LogP contribution in [0.25, 0.3) is 11.1 Å². The molecule has 1 saturated heterocycles. The first-order chi connectivity index (χ1) is 8.72. The van der Waals surface area contributed by atoms with Gasteiger partial charge in [0, 0.05) is 5.92 Å². The summed E-state index contributed by atoms with van der Waals surface area (Å²) in [6.07, 6.45) is 1.16. The van der Waals surface area contributed by atoms with E-state index in [1.165, 1.54) is 0 Å². The largest absolute Gasteiger partial charge is 0.441 e. The van der Waals surface area contributed by atoms with Crippen molar-refractivity contribution < 1.29 is 14.3 Å².